The Hall–Kier alpha value is -4.31. The van der Waals surface area contributed by atoms with Gasteiger partial charge in [-0.05, 0) is 92.2 Å². The first kappa shape index (κ1) is 38.9. The Balaban J connectivity index is 0.00000523. The number of allylic oxidation sites excluding steroid dienone is 1. The van der Waals surface area contributed by atoms with Gasteiger partial charge in [-0.3, -0.25) is 9.48 Å². The summed E-state index contributed by atoms with van der Waals surface area (Å²) in [6.45, 7) is 9.25. The molecule has 10 heteroatoms. The number of hydrogen-bond donors (Lipinski definition) is 2. The zero-order valence-corrected chi connectivity index (χ0v) is 30.6. The number of fused-ring (bicyclic) bond motifs is 2. The van der Waals surface area contributed by atoms with Crippen molar-refractivity contribution in [3.8, 4) is 16.9 Å². The second kappa shape index (κ2) is 17.9. The molecule has 1 saturated carbocycles. The van der Waals surface area contributed by atoms with Crippen molar-refractivity contribution >= 4 is 22.6 Å². The monoisotopic (exact) mass is 712 g/mol. The van der Waals surface area contributed by atoms with E-state index < -0.39 is 12.2 Å². The number of halogens is 1. The van der Waals surface area contributed by atoms with Crippen LogP contribution in [0, 0.1) is 18.8 Å². The van der Waals surface area contributed by atoms with Crippen molar-refractivity contribution < 1.29 is 19.0 Å². The summed E-state index contributed by atoms with van der Waals surface area (Å²) >= 11 is 0. The van der Waals surface area contributed by atoms with Gasteiger partial charge < -0.3 is 19.7 Å². The van der Waals surface area contributed by atoms with E-state index in [1.807, 2.05) is 38.3 Å². The highest BCUT2D eigenvalue weighted by Gasteiger charge is 2.34. The number of carbonyl (C=O) groups excluding carboxylic acids is 1. The van der Waals surface area contributed by atoms with Crippen molar-refractivity contribution in [3.05, 3.63) is 77.6 Å². The van der Waals surface area contributed by atoms with Crippen molar-refractivity contribution in [1.29, 1.82) is 0 Å². The number of amides is 1. The Bertz CT molecular complexity index is 1860. The highest BCUT2D eigenvalue weighted by Crippen LogP contribution is 2.36. The number of nitrogens with one attached hydrogen (secondary N) is 1. The third kappa shape index (κ3) is 8.65. The van der Waals surface area contributed by atoms with Gasteiger partial charge in [-0.1, -0.05) is 64.8 Å². The van der Waals surface area contributed by atoms with Crippen LogP contribution in [0.2, 0.25) is 0 Å². The molecule has 4 atom stereocenters. The number of hydrogen-bond acceptors (Lipinski definition) is 6. The summed E-state index contributed by atoms with van der Waals surface area (Å²) in [5, 5.41) is 18.7. The Morgan fingerprint density at radius 3 is 2.62 bits per heavy atom. The standard InChI is InChI=1S/C41H53FN6O3.CH4/c1-5-19-43-37(7-3)45-41(50)40(39-36-22-31(42)23-47(36)26-44-39)48-24-35-27(4)21-34(33(6-2)38(35)46-48)30-14-16-32(17-15-30)51-20-18-28-10-8-9-11-29(25-49)13-12-28;/h5,14-17,19,21,24,26,28-29,31,40,49H,6-13,18,20,22-23,25H2,1-4H3,(H,43,45,50);1H4/b19-5-;/t28?,29?,31-,40?;/m1./s1. The summed E-state index contributed by atoms with van der Waals surface area (Å²) in [5.74, 6) is 2.19. The van der Waals surface area contributed by atoms with Gasteiger partial charge in [0.15, 0.2) is 6.04 Å². The molecule has 280 valence electrons. The first-order valence-corrected chi connectivity index (χ1v) is 18.8. The molecule has 0 spiro atoms. The molecule has 52 heavy (non-hydrogen) atoms. The van der Waals surface area contributed by atoms with Crippen LogP contribution in [0.3, 0.4) is 0 Å². The quantitative estimate of drug-likeness (QED) is 0.113. The summed E-state index contributed by atoms with van der Waals surface area (Å²) < 4.78 is 24.2. The number of aryl methyl sites for hydroxylation is 2. The largest absolute Gasteiger partial charge is 0.494 e. The van der Waals surface area contributed by atoms with Crippen molar-refractivity contribution in [2.45, 2.75) is 118 Å². The first-order chi connectivity index (χ1) is 24.8. The molecule has 0 bridgehead atoms. The molecule has 1 aliphatic carbocycles. The minimum atomic E-state index is -1.01. The highest BCUT2D eigenvalue weighted by molar-refractivity contribution is 6.01. The van der Waals surface area contributed by atoms with Gasteiger partial charge in [0, 0.05) is 42.9 Å². The summed E-state index contributed by atoms with van der Waals surface area (Å²) in [7, 11) is 0. The van der Waals surface area contributed by atoms with Gasteiger partial charge in [0.1, 0.15) is 17.8 Å². The number of amidine groups is 1. The molecular weight excluding hydrogens is 655 g/mol. The third-order valence-corrected chi connectivity index (χ3v) is 10.7. The fourth-order valence-electron chi connectivity index (χ4n) is 7.81. The summed E-state index contributed by atoms with van der Waals surface area (Å²) in [6, 6.07) is 9.62. The zero-order chi connectivity index (χ0) is 35.9. The molecule has 0 saturated heterocycles. The van der Waals surface area contributed by atoms with Crippen LogP contribution in [0.15, 0.2) is 60.1 Å². The number of aliphatic hydroxyl groups is 1. The summed E-state index contributed by atoms with van der Waals surface area (Å²) in [6.07, 6.45) is 15.7. The van der Waals surface area contributed by atoms with Crippen molar-refractivity contribution in [1.82, 2.24) is 24.6 Å². The van der Waals surface area contributed by atoms with Crippen LogP contribution in [0.25, 0.3) is 22.0 Å². The molecule has 0 radical (unpaired) electrons. The van der Waals surface area contributed by atoms with E-state index in [-0.39, 0.29) is 26.3 Å². The molecule has 2 aromatic carbocycles. The Morgan fingerprint density at radius 2 is 1.90 bits per heavy atom. The van der Waals surface area contributed by atoms with Crippen molar-refractivity contribution in [2.24, 2.45) is 16.8 Å². The number of imidazole rings is 1. The Morgan fingerprint density at radius 1 is 1.15 bits per heavy atom. The number of rotatable bonds is 12. The third-order valence-electron chi connectivity index (χ3n) is 10.7. The topological polar surface area (TPSA) is 107 Å². The number of aliphatic imine (C=N–C) groups is 1. The minimum absolute atomic E-state index is 0. The van der Waals surface area contributed by atoms with Gasteiger partial charge in [0.2, 0.25) is 0 Å². The molecule has 2 aliphatic rings. The highest BCUT2D eigenvalue weighted by atomic mass is 19.1. The lowest BCUT2D eigenvalue weighted by atomic mass is 9.84. The van der Waals surface area contributed by atoms with Gasteiger partial charge >= 0.3 is 0 Å². The summed E-state index contributed by atoms with van der Waals surface area (Å²) in [4.78, 5) is 23.1. The lowest BCUT2D eigenvalue weighted by molar-refractivity contribution is -0.122. The van der Waals surface area contributed by atoms with Crippen LogP contribution in [-0.4, -0.2) is 55.6 Å². The van der Waals surface area contributed by atoms with Crippen LogP contribution in [-0.2, 0) is 24.2 Å². The van der Waals surface area contributed by atoms with Gasteiger partial charge in [-0.25, -0.2) is 14.4 Å². The molecule has 2 aromatic heterocycles. The van der Waals surface area contributed by atoms with E-state index in [2.05, 4.69) is 47.3 Å². The zero-order valence-electron chi connectivity index (χ0n) is 30.6. The average molecular weight is 713 g/mol. The van der Waals surface area contributed by atoms with Crippen LogP contribution in [0.5, 0.6) is 5.75 Å². The number of aromatic nitrogens is 4. The molecular formula is C42H57FN6O3. The molecule has 6 rings (SSSR count). The minimum Gasteiger partial charge on any atom is -0.494 e. The van der Waals surface area contributed by atoms with Crippen LogP contribution in [0.1, 0.15) is 108 Å². The van der Waals surface area contributed by atoms with Gasteiger partial charge in [0.05, 0.1) is 30.7 Å². The number of benzene rings is 2. The normalized spacial score (nSPS) is 20.0. The average Bonchev–Trinajstić information content (AvgIpc) is 3.83. The lowest BCUT2D eigenvalue weighted by Crippen LogP contribution is -2.38. The Labute approximate surface area is 308 Å². The van der Waals surface area contributed by atoms with E-state index >= 15 is 0 Å². The van der Waals surface area contributed by atoms with Crippen molar-refractivity contribution in [3.63, 3.8) is 0 Å². The maximum absolute atomic E-state index is 14.5. The second-order valence-electron chi connectivity index (χ2n) is 14.2. The molecule has 1 fully saturated rings. The fourth-order valence-corrected chi connectivity index (χ4v) is 7.81. The molecule has 1 aliphatic heterocycles. The van der Waals surface area contributed by atoms with E-state index in [0.717, 1.165) is 70.3 Å². The van der Waals surface area contributed by atoms with Crippen LogP contribution in [0.4, 0.5) is 4.39 Å². The number of aliphatic hydroxyl groups excluding tert-OH is 1. The van der Waals surface area contributed by atoms with E-state index in [1.165, 1.54) is 25.7 Å². The lowest BCUT2D eigenvalue weighted by Gasteiger charge is -2.24. The maximum Gasteiger partial charge on any atom is 0.256 e. The second-order valence-corrected chi connectivity index (χ2v) is 14.2. The van der Waals surface area contributed by atoms with E-state index in [9.17, 15) is 14.3 Å². The predicted octanol–water partition coefficient (Wildman–Crippen LogP) is 8.70. The first-order valence-electron chi connectivity index (χ1n) is 18.8. The summed E-state index contributed by atoms with van der Waals surface area (Å²) in [5.41, 5.74) is 6.40. The number of nitrogens with zero attached hydrogens (tertiary/aromatic N) is 5. The van der Waals surface area contributed by atoms with Crippen LogP contribution >= 0.6 is 0 Å². The predicted molar refractivity (Wildman–Crippen MR) is 208 cm³/mol. The smallest absolute Gasteiger partial charge is 0.256 e. The van der Waals surface area contributed by atoms with E-state index in [4.69, 9.17) is 9.84 Å². The van der Waals surface area contributed by atoms with E-state index in [0.29, 0.717) is 43.0 Å². The Kier molecular flexibility index (Phi) is 13.4. The van der Waals surface area contributed by atoms with Gasteiger partial charge in [0.25, 0.3) is 5.91 Å². The molecule has 1 amide bonds. The van der Waals surface area contributed by atoms with Gasteiger partial charge in [-0.2, -0.15) is 5.10 Å². The SMILES string of the molecule is C.C/C=C\N=C(CC)NC(=O)C(c1ncn2c1C[C@@H](F)C2)n1cc2c(C)cc(-c3ccc(OCCC4CCCCC(CO)CC4)cc3)c(CC)c2n1. The number of carbonyl (C=O) groups is 1. The number of ether oxygens (including phenoxy) is 1. The number of alkyl halides is 1. The van der Waals surface area contributed by atoms with Crippen LogP contribution < -0.4 is 10.1 Å². The molecule has 9 nitrogen and oxygen atoms in total. The molecule has 4 aromatic rings. The molecule has 3 unspecified atom stereocenters. The molecule has 2 N–H and O–H groups in total. The molecule has 3 heterocycles. The maximum atomic E-state index is 14.5. The van der Waals surface area contributed by atoms with E-state index in [1.54, 1.807) is 21.8 Å². The van der Waals surface area contributed by atoms with Crippen molar-refractivity contribution in [2.75, 3.05) is 13.2 Å². The van der Waals surface area contributed by atoms with Gasteiger partial charge in [-0.15, -0.1) is 0 Å². The fraction of sp³-hybridized carbons (Fsp3) is 0.524.